The molecule has 1 aromatic carbocycles. The summed E-state index contributed by atoms with van der Waals surface area (Å²) in [6.45, 7) is 3.53. The Morgan fingerprint density at radius 1 is 1.29 bits per heavy atom. The van der Waals surface area contributed by atoms with Crippen LogP contribution in [-0.2, 0) is 9.59 Å². The summed E-state index contributed by atoms with van der Waals surface area (Å²) in [7, 11) is 1.58. The lowest BCUT2D eigenvalue weighted by molar-refractivity contribution is -0.384. The first-order chi connectivity index (χ1) is 11.2. The molecule has 0 aromatic heterocycles. The van der Waals surface area contributed by atoms with Crippen LogP contribution in [0.1, 0.15) is 33.1 Å². The molecule has 0 saturated heterocycles. The summed E-state index contributed by atoms with van der Waals surface area (Å²) in [6.07, 6.45) is 0.800. The van der Waals surface area contributed by atoms with Crippen molar-refractivity contribution in [3.8, 4) is 0 Å². The van der Waals surface area contributed by atoms with Crippen molar-refractivity contribution in [2.24, 2.45) is 0 Å². The van der Waals surface area contributed by atoms with E-state index in [9.17, 15) is 19.7 Å². The number of rotatable bonds is 9. The minimum atomic E-state index is -0.981. The number of carbonyl (C=O) groups excluding carboxylic acids is 1. The highest BCUT2D eigenvalue weighted by molar-refractivity contribution is 5.83. The van der Waals surface area contributed by atoms with Crippen molar-refractivity contribution in [2.45, 2.75) is 38.6 Å². The van der Waals surface area contributed by atoms with Gasteiger partial charge in [-0.1, -0.05) is 26.0 Å². The van der Waals surface area contributed by atoms with Gasteiger partial charge in [0.15, 0.2) is 0 Å². The van der Waals surface area contributed by atoms with Crippen LogP contribution in [0.15, 0.2) is 24.3 Å². The van der Waals surface area contributed by atoms with E-state index in [1.165, 1.54) is 11.0 Å². The largest absolute Gasteiger partial charge is 0.481 e. The number of benzene rings is 1. The van der Waals surface area contributed by atoms with Gasteiger partial charge in [0.25, 0.3) is 5.69 Å². The van der Waals surface area contributed by atoms with Gasteiger partial charge < -0.3 is 15.3 Å². The molecule has 2 N–H and O–H groups in total. The van der Waals surface area contributed by atoms with Crippen molar-refractivity contribution in [3.05, 3.63) is 34.4 Å². The Morgan fingerprint density at radius 3 is 2.38 bits per heavy atom. The summed E-state index contributed by atoms with van der Waals surface area (Å²) in [5.74, 6) is -1.35. The van der Waals surface area contributed by atoms with Gasteiger partial charge in [-0.15, -0.1) is 0 Å². The van der Waals surface area contributed by atoms with Gasteiger partial charge >= 0.3 is 5.97 Å². The highest BCUT2D eigenvalue weighted by Gasteiger charge is 2.31. The molecule has 0 heterocycles. The molecule has 0 aliphatic heterocycles. The van der Waals surface area contributed by atoms with Gasteiger partial charge in [0.05, 0.1) is 23.4 Å². The molecule has 8 heteroatoms. The van der Waals surface area contributed by atoms with Gasteiger partial charge in [0.1, 0.15) is 5.69 Å². The molecule has 0 bridgehead atoms. The molecule has 1 amide bonds. The van der Waals surface area contributed by atoms with Crippen LogP contribution in [-0.4, -0.2) is 41.0 Å². The number of nitro groups is 1. The molecule has 1 rings (SSSR count). The quantitative estimate of drug-likeness (QED) is 0.527. The van der Waals surface area contributed by atoms with Crippen LogP contribution < -0.4 is 10.2 Å². The maximum absolute atomic E-state index is 12.3. The monoisotopic (exact) mass is 337 g/mol. The highest BCUT2D eigenvalue weighted by atomic mass is 16.6. The second-order valence-corrected chi connectivity index (χ2v) is 5.71. The van der Waals surface area contributed by atoms with Gasteiger partial charge in [-0.25, -0.2) is 0 Å². The average molecular weight is 337 g/mol. The summed E-state index contributed by atoms with van der Waals surface area (Å²) >= 11 is 0. The van der Waals surface area contributed by atoms with Gasteiger partial charge in [-0.3, -0.25) is 19.7 Å². The predicted molar refractivity (Wildman–Crippen MR) is 90.1 cm³/mol. The number of hydrogen-bond donors (Lipinski definition) is 2. The zero-order valence-corrected chi connectivity index (χ0v) is 14.1. The number of carboxylic acids is 1. The van der Waals surface area contributed by atoms with Crippen LogP contribution in [0.3, 0.4) is 0 Å². The Hall–Kier alpha value is -2.64. The van der Waals surface area contributed by atoms with Crippen molar-refractivity contribution in [2.75, 3.05) is 18.5 Å². The second kappa shape index (κ2) is 8.28. The molecule has 132 valence electrons. The number of anilines is 1. The summed E-state index contributed by atoms with van der Waals surface area (Å²) < 4.78 is 0. The molecule has 1 aromatic rings. The molecule has 8 nitrogen and oxygen atoms in total. The number of amides is 1. The first-order valence-corrected chi connectivity index (χ1v) is 7.72. The number of carbonyl (C=O) groups is 2. The van der Waals surface area contributed by atoms with Crippen molar-refractivity contribution in [3.63, 3.8) is 0 Å². The van der Waals surface area contributed by atoms with Crippen LogP contribution >= 0.6 is 0 Å². The maximum Gasteiger partial charge on any atom is 0.305 e. The lowest BCUT2D eigenvalue weighted by atomic mass is 9.89. The fourth-order valence-electron chi connectivity index (χ4n) is 2.59. The normalized spacial score (nSPS) is 11.0. The third-order valence-corrected chi connectivity index (χ3v) is 4.12. The fraction of sp³-hybridized carbons (Fsp3) is 0.500. The third-order valence-electron chi connectivity index (χ3n) is 4.12. The summed E-state index contributed by atoms with van der Waals surface area (Å²) in [5, 5.41) is 22.9. The number of nitrogens with one attached hydrogen (secondary N) is 1. The van der Waals surface area contributed by atoms with Crippen LogP contribution in [0.5, 0.6) is 0 Å². The second-order valence-electron chi connectivity index (χ2n) is 5.71. The molecule has 0 radical (unpaired) electrons. The number of nitrogens with zero attached hydrogens (tertiary/aromatic N) is 2. The van der Waals surface area contributed by atoms with Gasteiger partial charge in [0.2, 0.25) is 5.91 Å². The lowest BCUT2D eigenvalue weighted by Crippen LogP contribution is -2.51. The maximum atomic E-state index is 12.3. The van der Waals surface area contributed by atoms with E-state index in [4.69, 9.17) is 5.11 Å². The highest BCUT2D eigenvalue weighted by Crippen LogP contribution is 2.26. The number of likely N-dealkylation sites (N-methyl/N-ethyl adjacent to an activating group) is 1. The molecular weight excluding hydrogens is 314 g/mol. The minimum absolute atomic E-state index is 0.0874. The van der Waals surface area contributed by atoms with Gasteiger partial charge in [-0.05, 0) is 18.9 Å². The van der Waals surface area contributed by atoms with E-state index in [1.54, 1.807) is 25.2 Å². The smallest absolute Gasteiger partial charge is 0.305 e. The Balaban J connectivity index is 2.87. The molecule has 0 fully saturated rings. The predicted octanol–water partition coefficient (Wildman–Crippen LogP) is 2.18. The zero-order chi connectivity index (χ0) is 18.3. The molecule has 0 atom stereocenters. The number of carboxylic acid groups (broad SMARTS) is 1. The van der Waals surface area contributed by atoms with E-state index in [0.29, 0.717) is 18.5 Å². The van der Waals surface area contributed by atoms with E-state index < -0.39 is 16.4 Å². The Morgan fingerprint density at radius 2 is 1.88 bits per heavy atom. The van der Waals surface area contributed by atoms with E-state index >= 15 is 0 Å². The molecular formula is C16H23N3O5. The molecule has 0 spiro atoms. The van der Waals surface area contributed by atoms with Crippen molar-refractivity contribution in [1.82, 2.24) is 5.32 Å². The molecule has 0 aliphatic carbocycles. The Bertz CT molecular complexity index is 613. The molecule has 0 aliphatic rings. The molecule has 24 heavy (non-hydrogen) atoms. The first kappa shape index (κ1) is 19.4. The number of aliphatic carboxylic acids is 1. The van der Waals surface area contributed by atoms with Crippen molar-refractivity contribution in [1.29, 1.82) is 0 Å². The van der Waals surface area contributed by atoms with Gasteiger partial charge in [0, 0.05) is 13.1 Å². The average Bonchev–Trinajstić information content (AvgIpc) is 2.53. The van der Waals surface area contributed by atoms with E-state index in [0.717, 1.165) is 0 Å². The summed E-state index contributed by atoms with van der Waals surface area (Å²) in [5.41, 5.74) is -0.572. The lowest BCUT2D eigenvalue weighted by Gasteiger charge is -2.32. The molecule has 0 saturated carbocycles. The van der Waals surface area contributed by atoms with Crippen molar-refractivity contribution >= 4 is 23.3 Å². The number of nitro benzene ring substituents is 1. The van der Waals surface area contributed by atoms with E-state index in [2.05, 4.69) is 5.32 Å². The summed E-state index contributed by atoms with van der Waals surface area (Å²) in [6, 6.07) is 6.15. The van der Waals surface area contributed by atoms with Crippen LogP contribution in [0, 0.1) is 10.1 Å². The number of hydrogen-bond acceptors (Lipinski definition) is 5. The van der Waals surface area contributed by atoms with Crippen LogP contribution in [0.2, 0.25) is 0 Å². The van der Waals surface area contributed by atoms with Crippen LogP contribution in [0.25, 0.3) is 0 Å². The SMILES string of the molecule is CCC(CC)(CC(=O)O)NC(=O)CN(C)c1ccccc1[N+](=O)[O-]. The van der Waals surface area contributed by atoms with Crippen molar-refractivity contribution < 1.29 is 19.6 Å². The Kier molecular flexibility index (Phi) is 6.69. The van der Waals surface area contributed by atoms with E-state index in [1.807, 2.05) is 13.8 Å². The topological polar surface area (TPSA) is 113 Å². The third kappa shape index (κ3) is 4.94. The van der Waals surface area contributed by atoms with Gasteiger partial charge in [-0.2, -0.15) is 0 Å². The zero-order valence-electron chi connectivity index (χ0n) is 14.1. The van der Waals surface area contributed by atoms with E-state index in [-0.39, 0.29) is 24.6 Å². The Labute approximate surface area is 140 Å². The standard InChI is InChI=1S/C16H23N3O5/c1-4-16(5-2,10-15(21)22)17-14(20)11-18(3)12-8-6-7-9-13(12)19(23)24/h6-9H,4-5,10-11H2,1-3H3,(H,17,20)(H,21,22). The first-order valence-electron chi connectivity index (χ1n) is 7.72. The minimum Gasteiger partial charge on any atom is -0.481 e. The number of para-hydroxylation sites is 2. The fourth-order valence-corrected chi connectivity index (χ4v) is 2.59. The van der Waals surface area contributed by atoms with Crippen LogP contribution in [0.4, 0.5) is 11.4 Å². The molecule has 0 unspecified atom stereocenters. The summed E-state index contributed by atoms with van der Waals surface area (Å²) in [4.78, 5) is 35.4.